The number of piperidine rings is 1. The van der Waals surface area contributed by atoms with Crippen LogP contribution in [0.1, 0.15) is 28.8 Å². The Kier molecular flexibility index (Phi) is 6.35. The van der Waals surface area contributed by atoms with Crippen LogP contribution in [0, 0.1) is 11.7 Å². The molecular weight excluding hydrogens is 395 g/mol. The number of rotatable bonds is 6. The number of nitrogens with one attached hydrogen (secondary N) is 2. The maximum absolute atomic E-state index is 13.1. The van der Waals surface area contributed by atoms with Gasteiger partial charge in [-0.1, -0.05) is 18.2 Å². The standard InChI is InChI=1S/C23H25FN6O/c1-25-21(31)18-3-2-4-20(14-18)28-22-26-15-27-23(29-22)30-11-9-17(10-12-30)13-16-5-7-19(24)8-6-16/h2-8,14-15,17H,9-13H2,1H3,(H,25,31)(H,26,27,28,29). The van der Waals surface area contributed by atoms with Gasteiger partial charge in [0, 0.05) is 31.4 Å². The zero-order chi connectivity index (χ0) is 21.6. The van der Waals surface area contributed by atoms with Gasteiger partial charge in [0.25, 0.3) is 5.91 Å². The Bertz CT molecular complexity index is 1030. The van der Waals surface area contributed by atoms with Crippen LogP contribution < -0.4 is 15.5 Å². The van der Waals surface area contributed by atoms with Gasteiger partial charge in [-0.2, -0.15) is 4.98 Å². The SMILES string of the molecule is CNC(=O)c1cccc(Nc2ncnc(N3CCC(Cc4ccc(F)cc4)CC3)n2)c1. The number of hydrogen-bond donors (Lipinski definition) is 2. The smallest absolute Gasteiger partial charge is 0.251 e. The Morgan fingerprint density at radius 3 is 2.65 bits per heavy atom. The third kappa shape index (κ3) is 5.33. The van der Waals surface area contributed by atoms with Gasteiger partial charge in [-0.25, -0.2) is 14.4 Å². The van der Waals surface area contributed by atoms with Crippen LogP contribution in [0.3, 0.4) is 0 Å². The van der Waals surface area contributed by atoms with E-state index in [1.807, 2.05) is 18.2 Å². The highest BCUT2D eigenvalue weighted by atomic mass is 19.1. The molecule has 4 rings (SSSR count). The van der Waals surface area contributed by atoms with E-state index in [4.69, 9.17) is 0 Å². The maximum Gasteiger partial charge on any atom is 0.251 e. The molecule has 8 heteroatoms. The average molecular weight is 420 g/mol. The van der Waals surface area contributed by atoms with Crippen molar-refractivity contribution in [2.24, 2.45) is 5.92 Å². The summed E-state index contributed by atoms with van der Waals surface area (Å²) in [5.41, 5.74) is 2.46. The first-order valence-electron chi connectivity index (χ1n) is 10.4. The second-order valence-corrected chi connectivity index (χ2v) is 7.66. The Labute approximate surface area is 180 Å². The molecule has 3 aromatic rings. The van der Waals surface area contributed by atoms with Crippen molar-refractivity contribution in [2.45, 2.75) is 19.3 Å². The third-order valence-electron chi connectivity index (χ3n) is 5.50. The van der Waals surface area contributed by atoms with Gasteiger partial charge in [0.2, 0.25) is 11.9 Å². The summed E-state index contributed by atoms with van der Waals surface area (Å²) in [5.74, 6) is 1.29. The lowest BCUT2D eigenvalue weighted by atomic mass is 9.90. The Morgan fingerprint density at radius 2 is 1.90 bits per heavy atom. The van der Waals surface area contributed by atoms with Crippen molar-refractivity contribution < 1.29 is 9.18 Å². The van der Waals surface area contributed by atoms with Gasteiger partial charge in [0.15, 0.2) is 0 Å². The molecule has 1 aliphatic rings. The highest BCUT2D eigenvalue weighted by Crippen LogP contribution is 2.24. The molecule has 0 bridgehead atoms. The molecule has 0 radical (unpaired) electrons. The van der Waals surface area contributed by atoms with E-state index >= 15 is 0 Å². The predicted molar refractivity (Wildman–Crippen MR) is 118 cm³/mol. The van der Waals surface area contributed by atoms with Crippen molar-refractivity contribution in [3.63, 3.8) is 0 Å². The summed E-state index contributed by atoms with van der Waals surface area (Å²) in [5, 5.41) is 5.76. The summed E-state index contributed by atoms with van der Waals surface area (Å²) in [4.78, 5) is 27.1. The molecule has 0 saturated carbocycles. The summed E-state index contributed by atoms with van der Waals surface area (Å²) in [6, 6.07) is 13.9. The van der Waals surface area contributed by atoms with Crippen LogP contribution >= 0.6 is 0 Å². The van der Waals surface area contributed by atoms with Crippen LogP contribution in [0.4, 0.5) is 22.0 Å². The molecule has 1 amide bonds. The molecule has 160 valence electrons. The normalized spacial score (nSPS) is 14.3. The number of benzene rings is 2. The molecule has 1 aliphatic heterocycles. The molecule has 1 aromatic heterocycles. The highest BCUT2D eigenvalue weighted by molar-refractivity contribution is 5.95. The molecular formula is C23H25FN6O. The minimum Gasteiger partial charge on any atom is -0.355 e. The number of halogens is 1. The van der Waals surface area contributed by atoms with E-state index in [1.54, 1.807) is 25.2 Å². The summed E-state index contributed by atoms with van der Waals surface area (Å²) in [7, 11) is 1.60. The largest absolute Gasteiger partial charge is 0.355 e. The third-order valence-corrected chi connectivity index (χ3v) is 5.50. The number of carbonyl (C=O) groups is 1. The van der Waals surface area contributed by atoms with Crippen LogP contribution in [-0.2, 0) is 6.42 Å². The molecule has 0 atom stereocenters. The van der Waals surface area contributed by atoms with Gasteiger partial charge in [-0.15, -0.1) is 0 Å². The van der Waals surface area contributed by atoms with Gasteiger partial charge in [0.1, 0.15) is 12.1 Å². The number of nitrogens with zero attached hydrogens (tertiary/aromatic N) is 4. The molecule has 0 aliphatic carbocycles. The molecule has 1 saturated heterocycles. The van der Waals surface area contributed by atoms with Crippen LogP contribution in [0.2, 0.25) is 0 Å². The topological polar surface area (TPSA) is 83.0 Å². The minimum atomic E-state index is -0.196. The van der Waals surface area contributed by atoms with E-state index in [9.17, 15) is 9.18 Å². The fraction of sp³-hybridized carbons (Fsp3) is 0.304. The summed E-state index contributed by atoms with van der Waals surface area (Å²) < 4.78 is 13.1. The molecule has 2 aromatic carbocycles. The fourth-order valence-electron chi connectivity index (χ4n) is 3.80. The van der Waals surface area contributed by atoms with Crippen LogP contribution in [0.15, 0.2) is 54.9 Å². The second-order valence-electron chi connectivity index (χ2n) is 7.66. The van der Waals surface area contributed by atoms with Crippen molar-refractivity contribution in [3.05, 3.63) is 71.8 Å². The highest BCUT2D eigenvalue weighted by Gasteiger charge is 2.21. The van der Waals surface area contributed by atoms with Crippen molar-refractivity contribution in [1.82, 2.24) is 20.3 Å². The van der Waals surface area contributed by atoms with E-state index in [-0.39, 0.29) is 11.7 Å². The lowest BCUT2D eigenvalue weighted by molar-refractivity contribution is 0.0963. The van der Waals surface area contributed by atoms with E-state index in [2.05, 4.69) is 30.5 Å². The number of aromatic nitrogens is 3. The number of hydrogen-bond acceptors (Lipinski definition) is 6. The van der Waals surface area contributed by atoms with Gasteiger partial charge in [-0.3, -0.25) is 4.79 Å². The lowest BCUT2D eigenvalue weighted by Gasteiger charge is -2.32. The summed E-state index contributed by atoms with van der Waals surface area (Å²) >= 11 is 0. The number of carbonyl (C=O) groups excluding carboxylic acids is 1. The van der Waals surface area contributed by atoms with Gasteiger partial charge >= 0.3 is 0 Å². The van der Waals surface area contributed by atoms with E-state index in [0.29, 0.717) is 23.4 Å². The van der Waals surface area contributed by atoms with E-state index in [0.717, 1.165) is 38.0 Å². The quantitative estimate of drug-likeness (QED) is 0.634. The maximum atomic E-state index is 13.1. The zero-order valence-electron chi connectivity index (χ0n) is 17.4. The van der Waals surface area contributed by atoms with Crippen molar-refractivity contribution in [3.8, 4) is 0 Å². The summed E-state index contributed by atoms with van der Waals surface area (Å²) in [6.07, 6.45) is 4.51. The summed E-state index contributed by atoms with van der Waals surface area (Å²) in [6.45, 7) is 1.73. The fourth-order valence-corrected chi connectivity index (χ4v) is 3.80. The van der Waals surface area contributed by atoms with E-state index in [1.165, 1.54) is 24.0 Å². The Balaban J connectivity index is 1.37. The van der Waals surface area contributed by atoms with Crippen LogP contribution in [0.25, 0.3) is 0 Å². The second kappa shape index (κ2) is 9.51. The molecule has 1 fully saturated rings. The van der Waals surface area contributed by atoms with Crippen molar-refractivity contribution in [1.29, 1.82) is 0 Å². The first-order chi connectivity index (χ1) is 15.1. The Morgan fingerprint density at radius 1 is 1.13 bits per heavy atom. The molecule has 31 heavy (non-hydrogen) atoms. The first-order valence-corrected chi connectivity index (χ1v) is 10.4. The average Bonchev–Trinajstić information content (AvgIpc) is 2.81. The monoisotopic (exact) mass is 420 g/mol. The Hall–Kier alpha value is -3.55. The molecule has 0 spiro atoms. The van der Waals surface area contributed by atoms with E-state index < -0.39 is 0 Å². The number of anilines is 3. The minimum absolute atomic E-state index is 0.150. The molecule has 7 nitrogen and oxygen atoms in total. The lowest BCUT2D eigenvalue weighted by Crippen LogP contribution is -2.35. The predicted octanol–water partition coefficient (Wildman–Crippen LogP) is 3.57. The van der Waals surface area contributed by atoms with Crippen molar-refractivity contribution in [2.75, 3.05) is 30.4 Å². The van der Waals surface area contributed by atoms with Gasteiger partial charge in [0.05, 0.1) is 0 Å². The zero-order valence-corrected chi connectivity index (χ0v) is 17.4. The molecule has 0 unspecified atom stereocenters. The first kappa shape index (κ1) is 20.7. The number of amides is 1. The van der Waals surface area contributed by atoms with Gasteiger partial charge in [-0.05, 0) is 61.1 Å². The van der Waals surface area contributed by atoms with Crippen molar-refractivity contribution >= 4 is 23.5 Å². The van der Waals surface area contributed by atoms with Crippen LogP contribution in [0.5, 0.6) is 0 Å². The van der Waals surface area contributed by atoms with Crippen LogP contribution in [-0.4, -0.2) is 41.0 Å². The van der Waals surface area contributed by atoms with Gasteiger partial charge < -0.3 is 15.5 Å². The molecule has 2 N–H and O–H groups in total. The molecule has 2 heterocycles.